The average molecular weight is 318 g/mol. The normalized spacial score (nSPS) is 14.5. The van der Waals surface area contributed by atoms with Crippen LogP contribution in [0.1, 0.15) is 30.8 Å². The summed E-state index contributed by atoms with van der Waals surface area (Å²) in [6, 6.07) is -0.496. The lowest BCUT2D eigenvalue weighted by Gasteiger charge is -2.17. The summed E-state index contributed by atoms with van der Waals surface area (Å²) in [4.78, 5) is 12.4. The number of Topliss-reactive ketones (excluding diaryl/α,β-unsaturated/α-hetero) is 1. The molecule has 0 aliphatic heterocycles. The highest BCUT2D eigenvalue weighted by Gasteiger charge is 2.26. The first kappa shape index (κ1) is 15.3. The summed E-state index contributed by atoms with van der Waals surface area (Å²) in [5, 5.41) is 4.16. The molecule has 2 N–H and O–H groups in total. The molecule has 0 aromatic carbocycles. The number of ether oxygens (including phenoxy) is 1. The third kappa shape index (κ3) is 3.40. The molecule has 2 unspecified atom stereocenters. The number of methoxy groups -OCH3 is 1. The molecule has 0 amide bonds. The van der Waals surface area contributed by atoms with Crippen LogP contribution >= 0.6 is 15.9 Å². The van der Waals surface area contributed by atoms with Gasteiger partial charge >= 0.3 is 0 Å². The van der Waals surface area contributed by atoms with Crippen LogP contribution in [-0.4, -0.2) is 35.3 Å². The van der Waals surface area contributed by atoms with Gasteiger partial charge in [-0.1, -0.05) is 20.3 Å². The minimum atomic E-state index is -0.496. The first-order valence-electron chi connectivity index (χ1n) is 6.02. The summed E-state index contributed by atoms with van der Waals surface area (Å²) in [6.45, 7) is 5.05. The number of ketones is 1. The van der Waals surface area contributed by atoms with Gasteiger partial charge in [-0.3, -0.25) is 9.48 Å². The smallest absolute Gasteiger partial charge is 0.198 e. The van der Waals surface area contributed by atoms with E-state index in [2.05, 4.69) is 21.0 Å². The van der Waals surface area contributed by atoms with Crippen molar-refractivity contribution in [2.45, 2.75) is 32.9 Å². The van der Waals surface area contributed by atoms with Crippen LogP contribution in [0.5, 0.6) is 0 Å². The largest absolute Gasteiger partial charge is 0.383 e. The minimum absolute atomic E-state index is 0.0789. The topological polar surface area (TPSA) is 70.1 Å². The van der Waals surface area contributed by atoms with E-state index in [-0.39, 0.29) is 11.7 Å². The maximum atomic E-state index is 12.4. The zero-order chi connectivity index (χ0) is 13.7. The van der Waals surface area contributed by atoms with Crippen LogP contribution in [0.4, 0.5) is 0 Å². The second-order valence-electron chi connectivity index (χ2n) is 4.33. The predicted molar refractivity (Wildman–Crippen MR) is 73.6 cm³/mol. The van der Waals surface area contributed by atoms with Crippen molar-refractivity contribution in [2.24, 2.45) is 11.7 Å². The maximum absolute atomic E-state index is 12.4. The lowest BCUT2D eigenvalue weighted by atomic mass is 9.95. The Kier molecular flexibility index (Phi) is 5.98. The number of carbonyl (C=O) groups excluding carboxylic acids is 1. The van der Waals surface area contributed by atoms with E-state index in [1.165, 1.54) is 0 Å². The van der Waals surface area contributed by atoms with Gasteiger partial charge in [-0.2, -0.15) is 5.10 Å². The highest BCUT2D eigenvalue weighted by molar-refractivity contribution is 9.10. The van der Waals surface area contributed by atoms with Gasteiger partial charge in [0.25, 0.3) is 0 Å². The molecule has 0 aliphatic carbocycles. The molecule has 0 spiro atoms. The summed E-state index contributed by atoms with van der Waals surface area (Å²) in [7, 11) is 1.62. The molecule has 0 bridgehead atoms. The lowest BCUT2D eigenvalue weighted by Crippen LogP contribution is -2.38. The molecule has 1 aromatic rings. The standard InChI is InChI=1S/C12H20BrN3O2/c1-4-8(2)10(14)12(17)11-9(13)7-15-16(11)5-6-18-3/h7-8,10H,4-6,14H2,1-3H3. The van der Waals surface area contributed by atoms with Gasteiger partial charge in [-0.05, 0) is 21.8 Å². The van der Waals surface area contributed by atoms with E-state index in [1.807, 2.05) is 13.8 Å². The van der Waals surface area contributed by atoms with Gasteiger partial charge in [-0.25, -0.2) is 0 Å². The monoisotopic (exact) mass is 317 g/mol. The molecule has 18 heavy (non-hydrogen) atoms. The Morgan fingerprint density at radius 1 is 1.67 bits per heavy atom. The van der Waals surface area contributed by atoms with Crippen LogP contribution < -0.4 is 5.73 Å². The van der Waals surface area contributed by atoms with Crippen LogP contribution in [0.25, 0.3) is 0 Å². The number of hydrogen-bond acceptors (Lipinski definition) is 4. The van der Waals surface area contributed by atoms with E-state index in [0.717, 1.165) is 6.42 Å². The van der Waals surface area contributed by atoms with Crippen LogP contribution in [0.3, 0.4) is 0 Å². The van der Waals surface area contributed by atoms with Crippen molar-refractivity contribution < 1.29 is 9.53 Å². The van der Waals surface area contributed by atoms with Gasteiger partial charge in [0.1, 0.15) is 5.69 Å². The fraction of sp³-hybridized carbons (Fsp3) is 0.667. The van der Waals surface area contributed by atoms with Gasteiger partial charge in [0.2, 0.25) is 0 Å². The average Bonchev–Trinajstić information content (AvgIpc) is 2.74. The van der Waals surface area contributed by atoms with Crippen molar-refractivity contribution in [3.05, 3.63) is 16.4 Å². The van der Waals surface area contributed by atoms with Crippen molar-refractivity contribution in [3.63, 3.8) is 0 Å². The van der Waals surface area contributed by atoms with Crippen LogP contribution in [0.2, 0.25) is 0 Å². The zero-order valence-corrected chi connectivity index (χ0v) is 12.6. The predicted octanol–water partition coefficient (Wildman–Crippen LogP) is 1.85. The highest BCUT2D eigenvalue weighted by Crippen LogP contribution is 2.20. The van der Waals surface area contributed by atoms with Crippen molar-refractivity contribution >= 4 is 21.7 Å². The van der Waals surface area contributed by atoms with Gasteiger partial charge in [0.05, 0.1) is 29.9 Å². The fourth-order valence-corrected chi connectivity index (χ4v) is 2.12. The van der Waals surface area contributed by atoms with E-state index in [1.54, 1.807) is 18.0 Å². The number of carbonyl (C=O) groups is 1. The fourth-order valence-electron chi connectivity index (χ4n) is 1.62. The molecule has 1 aromatic heterocycles. The number of hydrogen-bond donors (Lipinski definition) is 1. The van der Waals surface area contributed by atoms with Crippen molar-refractivity contribution in [3.8, 4) is 0 Å². The molecule has 0 fully saturated rings. The Balaban J connectivity index is 2.93. The summed E-state index contributed by atoms with van der Waals surface area (Å²) < 4.78 is 7.32. The molecule has 0 aliphatic rings. The molecule has 1 rings (SSSR count). The molecule has 0 saturated carbocycles. The molecule has 102 valence electrons. The van der Waals surface area contributed by atoms with Crippen molar-refractivity contribution in [1.82, 2.24) is 9.78 Å². The van der Waals surface area contributed by atoms with Gasteiger partial charge in [0.15, 0.2) is 5.78 Å². The highest BCUT2D eigenvalue weighted by atomic mass is 79.9. The molecule has 0 saturated heterocycles. The minimum Gasteiger partial charge on any atom is -0.383 e. The van der Waals surface area contributed by atoms with Gasteiger partial charge < -0.3 is 10.5 Å². The molecule has 1 heterocycles. The van der Waals surface area contributed by atoms with E-state index in [9.17, 15) is 4.79 Å². The molecular weight excluding hydrogens is 298 g/mol. The first-order valence-corrected chi connectivity index (χ1v) is 6.82. The molecule has 0 radical (unpaired) electrons. The molecular formula is C12H20BrN3O2. The van der Waals surface area contributed by atoms with Gasteiger partial charge in [-0.15, -0.1) is 0 Å². The number of nitrogens with two attached hydrogens (primary N) is 1. The number of halogens is 1. The SMILES string of the molecule is CCC(C)C(N)C(=O)c1c(Br)cnn1CCOC. The Hall–Kier alpha value is -0.720. The number of nitrogens with zero attached hydrogens (tertiary/aromatic N) is 2. The number of rotatable bonds is 7. The molecule has 6 heteroatoms. The first-order chi connectivity index (χ1) is 8.52. The van der Waals surface area contributed by atoms with Crippen LogP contribution in [0.15, 0.2) is 10.7 Å². The van der Waals surface area contributed by atoms with E-state index >= 15 is 0 Å². The van der Waals surface area contributed by atoms with E-state index in [0.29, 0.717) is 23.3 Å². The van der Waals surface area contributed by atoms with Crippen LogP contribution in [0, 0.1) is 5.92 Å². The van der Waals surface area contributed by atoms with Gasteiger partial charge in [0, 0.05) is 7.11 Å². The summed E-state index contributed by atoms with van der Waals surface area (Å²) in [5.41, 5.74) is 6.51. The maximum Gasteiger partial charge on any atom is 0.198 e. The summed E-state index contributed by atoms with van der Waals surface area (Å²) >= 11 is 3.35. The van der Waals surface area contributed by atoms with Crippen LogP contribution in [-0.2, 0) is 11.3 Å². The van der Waals surface area contributed by atoms with Crippen molar-refractivity contribution in [1.29, 1.82) is 0 Å². The zero-order valence-electron chi connectivity index (χ0n) is 11.0. The Morgan fingerprint density at radius 2 is 2.33 bits per heavy atom. The number of aromatic nitrogens is 2. The van der Waals surface area contributed by atoms with Crippen molar-refractivity contribution in [2.75, 3.05) is 13.7 Å². The van der Waals surface area contributed by atoms with E-state index in [4.69, 9.17) is 10.5 Å². The second-order valence-corrected chi connectivity index (χ2v) is 5.19. The summed E-state index contributed by atoms with van der Waals surface area (Å²) in [6.07, 6.45) is 2.49. The Labute approximate surface area is 116 Å². The molecule has 5 nitrogen and oxygen atoms in total. The molecule has 2 atom stereocenters. The second kappa shape index (κ2) is 7.01. The summed E-state index contributed by atoms with van der Waals surface area (Å²) in [5.74, 6) is 0.0694. The Bertz CT molecular complexity index is 406. The third-order valence-electron chi connectivity index (χ3n) is 3.10. The quantitative estimate of drug-likeness (QED) is 0.779. The Morgan fingerprint density at radius 3 is 2.89 bits per heavy atom. The van der Waals surface area contributed by atoms with E-state index < -0.39 is 6.04 Å². The third-order valence-corrected chi connectivity index (χ3v) is 3.68. The lowest BCUT2D eigenvalue weighted by molar-refractivity contribution is 0.0919.